The van der Waals surface area contributed by atoms with Crippen LogP contribution in [-0.4, -0.2) is 18.5 Å². The molecule has 5 heteroatoms. The number of anilines is 1. The van der Waals surface area contributed by atoms with Crippen molar-refractivity contribution in [3.8, 4) is 0 Å². The van der Waals surface area contributed by atoms with Crippen molar-refractivity contribution < 1.29 is 14.3 Å². The monoisotopic (exact) mass is 357 g/mol. The molecule has 2 aromatic rings. The zero-order valence-corrected chi connectivity index (χ0v) is 15.5. The van der Waals surface area contributed by atoms with Gasteiger partial charge in [-0.2, -0.15) is 0 Å². The molecule has 3 rings (SSSR count). The van der Waals surface area contributed by atoms with E-state index in [1.807, 2.05) is 31.2 Å². The van der Waals surface area contributed by atoms with Crippen LogP contribution in [0.4, 0.5) is 5.00 Å². The van der Waals surface area contributed by atoms with Gasteiger partial charge in [-0.25, -0.2) is 4.79 Å². The fourth-order valence-corrected chi connectivity index (χ4v) is 4.43. The van der Waals surface area contributed by atoms with Gasteiger partial charge >= 0.3 is 5.97 Å². The Morgan fingerprint density at radius 1 is 1.16 bits per heavy atom. The molecule has 0 bridgehead atoms. The third kappa shape index (κ3) is 4.10. The molecule has 0 aliphatic heterocycles. The molecule has 1 aromatic heterocycles. The van der Waals surface area contributed by atoms with Gasteiger partial charge in [0.05, 0.1) is 18.6 Å². The lowest BCUT2D eigenvalue weighted by Crippen LogP contribution is -2.17. The summed E-state index contributed by atoms with van der Waals surface area (Å²) in [6.07, 6.45) is 4.36. The van der Waals surface area contributed by atoms with Gasteiger partial charge in [0.25, 0.3) is 0 Å². The maximum absolute atomic E-state index is 12.5. The van der Waals surface area contributed by atoms with Gasteiger partial charge in [-0.3, -0.25) is 4.79 Å². The second kappa shape index (κ2) is 7.83. The molecule has 0 atom stereocenters. The Labute approximate surface area is 152 Å². The average Bonchev–Trinajstić information content (AvgIpc) is 2.95. The van der Waals surface area contributed by atoms with Crippen LogP contribution in [0.3, 0.4) is 0 Å². The number of hydrogen-bond acceptors (Lipinski definition) is 4. The molecular weight excluding hydrogens is 334 g/mol. The van der Waals surface area contributed by atoms with Crippen LogP contribution in [0, 0.1) is 6.92 Å². The number of esters is 1. The van der Waals surface area contributed by atoms with E-state index in [2.05, 4.69) is 5.32 Å². The highest BCUT2D eigenvalue weighted by Crippen LogP contribution is 2.38. The molecule has 25 heavy (non-hydrogen) atoms. The van der Waals surface area contributed by atoms with Crippen LogP contribution in [0.2, 0.25) is 0 Å². The van der Waals surface area contributed by atoms with Gasteiger partial charge in [0, 0.05) is 4.88 Å². The van der Waals surface area contributed by atoms with Crippen LogP contribution >= 0.6 is 11.3 Å². The highest BCUT2D eigenvalue weighted by atomic mass is 32.1. The Bertz CT molecular complexity index is 777. The second-order valence-electron chi connectivity index (χ2n) is 6.35. The number of carbonyl (C=O) groups excluding carboxylic acids is 2. The summed E-state index contributed by atoms with van der Waals surface area (Å²) in [6, 6.07) is 7.91. The molecular formula is C20H23NO3S. The molecule has 1 aliphatic carbocycles. The third-order valence-corrected chi connectivity index (χ3v) is 5.60. The molecule has 1 aromatic carbocycles. The molecule has 1 aliphatic rings. The van der Waals surface area contributed by atoms with Crippen LogP contribution in [0.1, 0.15) is 51.7 Å². The Hall–Kier alpha value is -2.14. The van der Waals surface area contributed by atoms with Crippen LogP contribution in [0.5, 0.6) is 0 Å². The first-order valence-corrected chi connectivity index (χ1v) is 9.57. The van der Waals surface area contributed by atoms with E-state index in [1.54, 1.807) is 6.92 Å². The lowest BCUT2D eigenvalue weighted by Gasteiger charge is -2.12. The number of rotatable bonds is 5. The second-order valence-corrected chi connectivity index (χ2v) is 7.45. The highest BCUT2D eigenvalue weighted by molar-refractivity contribution is 7.17. The number of benzene rings is 1. The number of amides is 1. The predicted molar refractivity (Wildman–Crippen MR) is 100 cm³/mol. The standard InChI is InChI=1S/C20H23NO3S/c1-3-24-20(23)18-15-6-4-5-7-16(15)25-19(18)21-17(22)12-14-10-8-13(2)9-11-14/h8-11H,3-7,12H2,1-2H3,(H,21,22). The fourth-order valence-electron chi connectivity index (χ4n) is 3.14. The molecule has 4 nitrogen and oxygen atoms in total. The number of ether oxygens (including phenoxy) is 1. The Balaban J connectivity index is 1.81. The Morgan fingerprint density at radius 2 is 1.88 bits per heavy atom. The predicted octanol–water partition coefficient (Wildman–Crippen LogP) is 4.29. The van der Waals surface area contributed by atoms with E-state index >= 15 is 0 Å². The third-order valence-electron chi connectivity index (χ3n) is 4.39. The van der Waals surface area contributed by atoms with E-state index in [-0.39, 0.29) is 11.9 Å². The summed E-state index contributed by atoms with van der Waals surface area (Å²) in [5.41, 5.74) is 3.76. The summed E-state index contributed by atoms with van der Waals surface area (Å²) in [5.74, 6) is -0.430. The first kappa shape index (κ1) is 17.7. The SMILES string of the molecule is CCOC(=O)c1c(NC(=O)Cc2ccc(C)cc2)sc2c1CCCC2. The maximum Gasteiger partial charge on any atom is 0.341 e. The molecule has 0 saturated heterocycles. The molecule has 0 fully saturated rings. The normalized spacial score (nSPS) is 13.2. The minimum atomic E-state index is -0.326. The summed E-state index contributed by atoms with van der Waals surface area (Å²) >= 11 is 1.52. The fraction of sp³-hybridized carbons (Fsp3) is 0.400. The van der Waals surface area contributed by atoms with Crippen molar-refractivity contribution in [2.24, 2.45) is 0 Å². The van der Waals surface area contributed by atoms with Crippen LogP contribution < -0.4 is 5.32 Å². The lowest BCUT2D eigenvalue weighted by molar-refractivity contribution is -0.115. The zero-order valence-electron chi connectivity index (χ0n) is 14.7. The summed E-state index contributed by atoms with van der Waals surface area (Å²) in [7, 11) is 0. The van der Waals surface area contributed by atoms with E-state index in [4.69, 9.17) is 4.74 Å². The van der Waals surface area contributed by atoms with Crippen molar-refractivity contribution in [1.82, 2.24) is 0 Å². The van der Waals surface area contributed by atoms with E-state index in [0.717, 1.165) is 36.8 Å². The number of fused-ring (bicyclic) bond motifs is 1. The van der Waals surface area contributed by atoms with Gasteiger partial charge in [-0.1, -0.05) is 29.8 Å². The first-order valence-electron chi connectivity index (χ1n) is 8.75. The molecule has 1 N–H and O–H groups in total. The van der Waals surface area contributed by atoms with Gasteiger partial charge < -0.3 is 10.1 Å². The molecule has 132 valence electrons. The van der Waals surface area contributed by atoms with Crippen molar-refractivity contribution in [2.75, 3.05) is 11.9 Å². The van der Waals surface area contributed by atoms with Gasteiger partial charge in [-0.05, 0) is 50.7 Å². The van der Waals surface area contributed by atoms with Crippen molar-refractivity contribution in [3.05, 3.63) is 51.4 Å². The minimum absolute atomic E-state index is 0.104. The Morgan fingerprint density at radius 3 is 2.60 bits per heavy atom. The van der Waals surface area contributed by atoms with Gasteiger partial charge in [0.15, 0.2) is 0 Å². The highest BCUT2D eigenvalue weighted by Gasteiger charge is 2.27. The lowest BCUT2D eigenvalue weighted by atomic mass is 9.95. The summed E-state index contributed by atoms with van der Waals surface area (Å²) in [5, 5.41) is 3.59. The summed E-state index contributed by atoms with van der Waals surface area (Å²) in [6.45, 7) is 4.15. The first-order chi connectivity index (χ1) is 12.1. The molecule has 0 unspecified atom stereocenters. The number of hydrogen-bond donors (Lipinski definition) is 1. The topological polar surface area (TPSA) is 55.4 Å². The van der Waals surface area contributed by atoms with Crippen molar-refractivity contribution in [1.29, 1.82) is 0 Å². The van der Waals surface area contributed by atoms with Gasteiger partial charge in [0.2, 0.25) is 5.91 Å². The van der Waals surface area contributed by atoms with Crippen molar-refractivity contribution in [3.63, 3.8) is 0 Å². The van der Waals surface area contributed by atoms with Crippen molar-refractivity contribution in [2.45, 2.75) is 46.0 Å². The number of nitrogens with one attached hydrogen (secondary N) is 1. The zero-order chi connectivity index (χ0) is 17.8. The van der Waals surface area contributed by atoms with Crippen LogP contribution in [0.25, 0.3) is 0 Å². The Kier molecular flexibility index (Phi) is 5.53. The van der Waals surface area contributed by atoms with Crippen LogP contribution in [-0.2, 0) is 28.8 Å². The molecule has 1 amide bonds. The average molecular weight is 357 g/mol. The van der Waals surface area contributed by atoms with E-state index < -0.39 is 0 Å². The quantitative estimate of drug-likeness (QED) is 0.812. The summed E-state index contributed by atoms with van der Waals surface area (Å²) < 4.78 is 5.22. The molecule has 0 saturated carbocycles. The largest absolute Gasteiger partial charge is 0.462 e. The van der Waals surface area contributed by atoms with Gasteiger partial charge in [0.1, 0.15) is 5.00 Å². The van der Waals surface area contributed by atoms with E-state index in [1.165, 1.54) is 21.8 Å². The van der Waals surface area contributed by atoms with E-state index in [0.29, 0.717) is 23.6 Å². The van der Waals surface area contributed by atoms with Crippen molar-refractivity contribution >= 4 is 28.2 Å². The molecule has 0 spiro atoms. The maximum atomic E-state index is 12.5. The van der Waals surface area contributed by atoms with Gasteiger partial charge in [-0.15, -0.1) is 11.3 Å². The number of thiophene rings is 1. The minimum Gasteiger partial charge on any atom is -0.462 e. The van der Waals surface area contributed by atoms with E-state index in [9.17, 15) is 9.59 Å². The molecule has 0 radical (unpaired) electrons. The smallest absolute Gasteiger partial charge is 0.341 e. The summed E-state index contributed by atoms with van der Waals surface area (Å²) in [4.78, 5) is 26.1. The molecule has 1 heterocycles. The number of aryl methyl sites for hydroxylation is 2. The van der Waals surface area contributed by atoms with Crippen LogP contribution in [0.15, 0.2) is 24.3 Å². The number of carbonyl (C=O) groups is 2.